The highest BCUT2D eigenvalue weighted by atomic mass is 16.5. The van der Waals surface area contributed by atoms with Gasteiger partial charge in [-0.2, -0.15) is 5.26 Å². The molecule has 2 aliphatic rings. The van der Waals surface area contributed by atoms with E-state index in [2.05, 4.69) is 17.9 Å². The summed E-state index contributed by atoms with van der Waals surface area (Å²) in [6, 6.07) is 9.84. The van der Waals surface area contributed by atoms with Crippen molar-refractivity contribution < 1.29 is 9.53 Å². The van der Waals surface area contributed by atoms with Gasteiger partial charge in [0.05, 0.1) is 30.8 Å². The fourth-order valence-electron chi connectivity index (χ4n) is 3.48. The number of amides is 1. The molecule has 2 heterocycles. The van der Waals surface area contributed by atoms with E-state index in [1.807, 2.05) is 29.2 Å². The first kappa shape index (κ1) is 16.0. The molecule has 122 valence electrons. The molecule has 1 amide bonds. The molecule has 2 saturated heterocycles. The summed E-state index contributed by atoms with van der Waals surface area (Å²) >= 11 is 0. The van der Waals surface area contributed by atoms with E-state index in [-0.39, 0.29) is 11.8 Å². The zero-order valence-electron chi connectivity index (χ0n) is 13.6. The molecular weight excluding hydrogens is 290 g/mol. The third-order valence-electron chi connectivity index (χ3n) is 4.82. The van der Waals surface area contributed by atoms with Gasteiger partial charge in [0.25, 0.3) is 0 Å². The van der Waals surface area contributed by atoms with Gasteiger partial charge in [-0.05, 0) is 23.6 Å². The van der Waals surface area contributed by atoms with Crippen molar-refractivity contribution in [3.8, 4) is 6.07 Å². The lowest BCUT2D eigenvalue weighted by atomic mass is 9.96. The molecule has 0 saturated carbocycles. The van der Waals surface area contributed by atoms with Gasteiger partial charge in [0.15, 0.2) is 0 Å². The SMILES string of the molecule is C[C@@H]1CN(Cc2ccc(C#N)cc2)C[C@H]1C(=O)N1CCOCC1. The van der Waals surface area contributed by atoms with Crippen molar-refractivity contribution in [2.75, 3.05) is 39.4 Å². The van der Waals surface area contributed by atoms with Crippen LogP contribution in [-0.2, 0) is 16.1 Å². The van der Waals surface area contributed by atoms with Gasteiger partial charge in [-0.15, -0.1) is 0 Å². The van der Waals surface area contributed by atoms with Crippen LogP contribution < -0.4 is 0 Å². The van der Waals surface area contributed by atoms with Gasteiger partial charge in [-0.3, -0.25) is 9.69 Å². The number of ether oxygens (including phenoxy) is 1. The number of hydrogen-bond acceptors (Lipinski definition) is 4. The molecule has 2 fully saturated rings. The van der Waals surface area contributed by atoms with Gasteiger partial charge in [0, 0.05) is 32.7 Å². The van der Waals surface area contributed by atoms with E-state index < -0.39 is 0 Å². The molecule has 0 aliphatic carbocycles. The van der Waals surface area contributed by atoms with E-state index in [0.29, 0.717) is 24.7 Å². The maximum Gasteiger partial charge on any atom is 0.227 e. The molecule has 0 N–H and O–H groups in total. The third kappa shape index (κ3) is 3.72. The smallest absolute Gasteiger partial charge is 0.227 e. The monoisotopic (exact) mass is 313 g/mol. The van der Waals surface area contributed by atoms with Crippen molar-refractivity contribution in [1.82, 2.24) is 9.80 Å². The second-order valence-electron chi connectivity index (χ2n) is 6.52. The minimum absolute atomic E-state index is 0.0893. The molecule has 5 heteroatoms. The molecule has 0 bridgehead atoms. The minimum Gasteiger partial charge on any atom is -0.378 e. The zero-order chi connectivity index (χ0) is 16.2. The van der Waals surface area contributed by atoms with E-state index in [4.69, 9.17) is 10.00 Å². The standard InChI is InChI=1S/C18H23N3O2/c1-14-11-20(12-16-4-2-15(10-19)3-5-16)13-17(14)18(22)21-6-8-23-9-7-21/h2-5,14,17H,6-9,11-13H2,1H3/t14-,17-/m1/s1. The van der Waals surface area contributed by atoms with E-state index in [1.165, 1.54) is 5.56 Å². The summed E-state index contributed by atoms with van der Waals surface area (Å²) < 4.78 is 5.33. The molecule has 3 rings (SSSR count). The molecule has 0 spiro atoms. The van der Waals surface area contributed by atoms with E-state index in [9.17, 15) is 4.79 Å². The van der Waals surface area contributed by atoms with Crippen molar-refractivity contribution in [2.45, 2.75) is 13.5 Å². The van der Waals surface area contributed by atoms with Crippen LogP contribution >= 0.6 is 0 Å². The Morgan fingerprint density at radius 1 is 1.26 bits per heavy atom. The lowest BCUT2D eigenvalue weighted by Crippen LogP contribution is -2.45. The fraction of sp³-hybridized carbons (Fsp3) is 0.556. The third-order valence-corrected chi connectivity index (χ3v) is 4.82. The number of nitrogens with zero attached hydrogens (tertiary/aromatic N) is 3. The topological polar surface area (TPSA) is 56.6 Å². The van der Waals surface area contributed by atoms with Crippen molar-refractivity contribution >= 4 is 5.91 Å². The fourth-order valence-corrected chi connectivity index (χ4v) is 3.48. The van der Waals surface area contributed by atoms with Gasteiger partial charge in [0.1, 0.15) is 0 Å². The molecule has 2 atom stereocenters. The number of carbonyl (C=O) groups excluding carboxylic acids is 1. The molecule has 23 heavy (non-hydrogen) atoms. The highest BCUT2D eigenvalue weighted by Crippen LogP contribution is 2.26. The van der Waals surface area contributed by atoms with Gasteiger partial charge >= 0.3 is 0 Å². The summed E-state index contributed by atoms with van der Waals surface area (Å²) in [6.07, 6.45) is 0. The molecular formula is C18H23N3O2. The van der Waals surface area contributed by atoms with Crippen LogP contribution in [0.15, 0.2) is 24.3 Å². The van der Waals surface area contributed by atoms with E-state index in [1.54, 1.807) is 0 Å². The Morgan fingerprint density at radius 2 is 1.96 bits per heavy atom. The quantitative estimate of drug-likeness (QED) is 0.848. The average Bonchev–Trinajstić information content (AvgIpc) is 2.96. The minimum atomic E-state index is 0.0893. The number of carbonyl (C=O) groups is 1. The zero-order valence-corrected chi connectivity index (χ0v) is 13.6. The van der Waals surface area contributed by atoms with Crippen molar-refractivity contribution in [3.05, 3.63) is 35.4 Å². The number of nitriles is 1. The van der Waals surface area contributed by atoms with Crippen LogP contribution in [0.2, 0.25) is 0 Å². The number of morpholine rings is 1. The van der Waals surface area contributed by atoms with E-state index in [0.717, 1.165) is 32.7 Å². The van der Waals surface area contributed by atoms with Crippen molar-refractivity contribution in [1.29, 1.82) is 5.26 Å². The molecule has 0 aromatic heterocycles. The summed E-state index contributed by atoms with van der Waals surface area (Å²) in [5, 5.41) is 8.86. The lowest BCUT2D eigenvalue weighted by molar-refractivity contribution is -0.140. The number of hydrogen-bond donors (Lipinski definition) is 0. The Bertz CT molecular complexity index is 587. The van der Waals surface area contributed by atoms with Crippen LogP contribution in [-0.4, -0.2) is 55.1 Å². The Labute approximate surface area is 137 Å². The van der Waals surface area contributed by atoms with Crippen molar-refractivity contribution in [3.63, 3.8) is 0 Å². The molecule has 0 unspecified atom stereocenters. The summed E-state index contributed by atoms with van der Waals surface area (Å²) in [6.45, 7) is 7.52. The second-order valence-corrected chi connectivity index (χ2v) is 6.52. The first-order chi connectivity index (χ1) is 11.2. The Morgan fingerprint density at radius 3 is 2.61 bits per heavy atom. The summed E-state index contributed by atoms with van der Waals surface area (Å²) in [5.41, 5.74) is 1.87. The Hall–Kier alpha value is -1.90. The largest absolute Gasteiger partial charge is 0.378 e. The van der Waals surface area contributed by atoms with Crippen LogP contribution in [0.5, 0.6) is 0 Å². The summed E-state index contributed by atoms with van der Waals surface area (Å²) in [5.74, 6) is 0.748. The summed E-state index contributed by atoms with van der Waals surface area (Å²) in [4.78, 5) is 17.0. The molecule has 1 aromatic rings. The second kappa shape index (κ2) is 7.12. The van der Waals surface area contributed by atoms with Crippen LogP contribution in [0.1, 0.15) is 18.1 Å². The highest BCUT2D eigenvalue weighted by Gasteiger charge is 2.37. The summed E-state index contributed by atoms with van der Waals surface area (Å²) in [7, 11) is 0. The number of rotatable bonds is 3. The maximum atomic E-state index is 12.7. The first-order valence-electron chi connectivity index (χ1n) is 8.25. The van der Waals surface area contributed by atoms with Gasteiger partial charge in [0.2, 0.25) is 5.91 Å². The molecule has 1 aromatic carbocycles. The molecule has 5 nitrogen and oxygen atoms in total. The van der Waals surface area contributed by atoms with Gasteiger partial charge in [-0.25, -0.2) is 0 Å². The van der Waals surface area contributed by atoms with Crippen LogP contribution in [0.4, 0.5) is 0 Å². The van der Waals surface area contributed by atoms with Gasteiger partial charge < -0.3 is 9.64 Å². The highest BCUT2D eigenvalue weighted by molar-refractivity contribution is 5.79. The van der Waals surface area contributed by atoms with Crippen LogP contribution in [0.25, 0.3) is 0 Å². The Kier molecular flexibility index (Phi) is 4.94. The van der Waals surface area contributed by atoms with Crippen LogP contribution in [0, 0.1) is 23.2 Å². The maximum absolute atomic E-state index is 12.7. The van der Waals surface area contributed by atoms with Crippen LogP contribution in [0.3, 0.4) is 0 Å². The lowest BCUT2D eigenvalue weighted by Gasteiger charge is -2.30. The Balaban J connectivity index is 1.59. The predicted molar refractivity (Wildman–Crippen MR) is 86.5 cm³/mol. The van der Waals surface area contributed by atoms with Gasteiger partial charge in [-0.1, -0.05) is 19.1 Å². The normalized spacial score (nSPS) is 25.3. The average molecular weight is 313 g/mol. The predicted octanol–water partition coefficient (Wildman–Crippen LogP) is 1.48. The van der Waals surface area contributed by atoms with Crippen molar-refractivity contribution in [2.24, 2.45) is 11.8 Å². The van der Waals surface area contributed by atoms with E-state index >= 15 is 0 Å². The molecule has 0 radical (unpaired) electrons. The molecule has 2 aliphatic heterocycles. The first-order valence-corrected chi connectivity index (χ1v) is 8.25. The number of likely N-dealkylation sites (tertiary alicyclic amines) is 1. The number of benzene rings is 1.